The van der Waals surface area contributed by atoms with Gasteiger partial charge in [0.05, 0.1) is 6.54 Å². The molecule has 1 aromatic carbocycles. The summed E-state index contributed by atoms with van der Waals surface area (Å²) in [5, 5.41) is 7.30. The van der Waals surface area contributed by atoms with Crippen LogP contribution in [0.15, 0.2) is 47.6 Å². The molecule has 2 aromatic rings. The van der Waals surface area contributed by atoms with Gasteiger partial charge in [-0.05, 0) is 42.6 Å². The van der Waals surface area contributed by atoms with Crippen molar-refractivity contribution in [1.82, 2.24) is 25.4 Å². The normalized spacial score (nSPS) is 15.8. The average molecular weight is 443 g/mol. The van der Waals surface area contributed by atoms with E-state index in [0.717, 1.165) is 70.3 Å². The molecule has 0 amide bonds. The van der Waals surface area contributed by atoms with Crippen molar-refractivity contribution in [2.45, 2.75) is 33.4 Å². The largest absolute Gasteiger partial charge is 0.357 e. The minimum Gasteiger partial charge on any atom is -0.357 e. The lowest BCUT2D eigenvalue weighted by atomic mass is 10.1. The Balaban J connectivity index is 1.55. The highest BCUT2D eigenvalue weighted by Gasteiger charge is 2.16. The molecule has 1 fully saturated rings. The first-order chi connectivity index (χ1) is 15.2. The van der Waals surface area contributed by atoms with Gasteiger partial charge in [-0.1, -0.05) is 48.9 Å². The van der Waals surface area contributed by atoms with Gasteiger partial charge in [0.15, 0.2) is 5.96 Å². The molecule has 1 aliphatic heterocycles. The number of likely N-dealkylation sites (N-methyl/N-ethyl adjacent to an activating group) is 1. The van der Waals surface area contributed by atoms with Gasteiger partial charge in [0, 0.05) is 52.0 Å². The monoisotopic (exact) mass is 442 g/mol. The number of hydrogen-bond acceptors (Lipinski definition) is 4. The van der Waals surface area contributed by atoms with Crippen LogP contribution >= 0.6 is 11.6 Å². The molecule has 1 saturated heterocycles. The molecule has 7 heteroatoms. The number of piperazine rings is 1. The second-order valence-corrected chi connectivity index (χ2v) is 8.23. The van der Waals surface area contributed by atoms with Crippen LogP contribution in [0.25, 0.3) is 0 Å². The van der Waals surface area contributed by atoms with E-state index in [-0.39, 0.29) is 0 Å². The molecule has 0 radical (unpaired) electrons. The van der Waals surface area contributed by atoms with Crippen LogP contribution < -0.4 is 10.6 Å². The predicted octanol–water partition coefficient (Wildman–Crippen LogP) is 3.17. The van der Waals surface area contributed by atoms with Gasteiger partial charge in [-0.15, -0.1) is 0 Å². The van der Waals surface area contributed by atoms with Gasteiger partial charge in [-0.2, -0.15) is 0 Å². The zero-order chi connectivity index (χ0) is 21.9. The van der Waals surface area contributed by atoms with E-state index in [1.807, 2.05) is 18.3 Å². The third-order valence-electron chi connectivity index (χ3n) is 5.67. The van der Waals surface area contributed by atoms with Gasteiger partial charge < -0.3 is 15.5 Å². The second-order valence-electron chi connectivity index (χ2n) is 7.84. The maximum atomic E-state index is 5.86. The van der Waals surface area contributed by atoms with Gasteiger partial charge in [-0.25, -0.2) is 9.98 Å². The van der Waals surface area contributed by atoms with E-state index in [1.54, 1.807) is 0 Å². The first-order valence-corrected chi connectivity index (χ1v) is 11.7. The lowest BCUT2D eigenvalue weighted by molar-refractivity contribution is 0.131. The summed E-state index contributed by atoms with van der Waals surface area (Å²) in [4.78, 5) is 14.0. The Bertz CT molecular complexity index is 815. The van der Waals surface area contributed by atoms with E-state index in [0.29, 0.717) is 11.7 Å². The molecule has 6 nitrogen and oxygen atoms in total. The van der Waals surface area contributed by atoms with E-state index in [2.05, 4.69) is 63.5 Å². The molecule has 31 heavy (non-hydrogen) atoms. The fraction of sp³-hybridized carbons (Fsp3) is 0.500. The summed E-state index contributed by atoms with van der Waals surface area (Å²) in [7, 11) is 0. The van der Waals surface area contributed by atoms with Crippen LogP contribution in [-0.2, 0) is 19.5 Å². The molecule has 0 spiro atoms. The molecule has 0 atom stereocenters. The maximum Gasteiger partial charge on any atom is 0.191 e. The molecule has 2 N–H and O–H groups in total. The molecule has 0 aliphatic carbocycles. The quantitative estimate of drug-likeness (QED) is 0.355. The van der Waals surface area contributed by atoms with Crippen molar-refractivity contribution in [3.8, 4) is 0 Å². The van der Waals surface area contributed by atoms with Crippen LogP contribution in [0, 0.1) is 0 Å². The summed E-state index contributed by atoms with van der Waals surface area (Å²) in [6, 6.07) is 12.5. The molecule has 3 rings (SSSR count). The summed E-state index contributed by atoms with van der Waals surface area (Å²) in [5.74, 6) is 0.843. The summed E-state index contributed by atoms with van der Waals surface area (Å²) in [5.41, 5.74) is 3.82. The summed E-state index contributed by atoms with van der Waals surface area (Å²) >= 11 is 5.86. The molecule has 2 heterocycles. The third-order valence-corrected chi connectivity index (χ3v) is 5.89. The smallest absolute Gasteiger partial charge is 0.191 e. The molecular formula is C24H35ClN6. The van der Waals surface area contributed by atoms with Crippen molar-refractivity contribution in [3.05, 3.63) is 64.4 Å². The molecule has 0 saturated carbocycles. The Morgan fingerprint density at radius 3 is 2.42 bits per heavy atom. The Labute approximate surface area is 191 Å². The highest BCUT2D eigenvalue weighted by molar-refractivity contribution is 6.29. The van der Waals surface area contributed by atoms with Crippen LogP contribution in [0.2, 0.25) is 5.15 Å². The van der Waals surface area contributed by atoms with Gasteiger partial charge in [0.2, 0.25) is 0 Å². The molecular weight excluding hydrogens is 408 g/mol. The van der Waals surface area contributed by atoms with Crippen molar-refractivity contribution < 1.29 is 0 Å². The average Bonchev–Trinajstić information content (AvgIpc) is 2.80. The fourth-order valence-electron chi connectivity index (χ4n) is 3.76. The van der Waals surface area contributed by atoms with Gasteiger partial charge in [0.1, 0.15) is 5.15 Å². The number of aromatic nitrogens is 1. The van der Waals surface area contributed by atoms with Crippen LogP contribution in [0.1, 0.15) is 30.5 Å². The standard InChI is InChI=1S/C24H35ClN6/c1-3-26-24(27-12-11-20-9-10-23(25)28-17-20)29-18-21-7-5-6-8-22(21)19-31-15-13-30(4-2)14-16-31/h5-10,17H,3-4,11-16,18-19H2,1-2H3,(H2,26,27,29). The van der Waals surface area contributed by atoms with Gasteiger partial charge >= 0.3 is 0 Å². The van der Waals surface area contributed by atoms with Crippen LogP contribution in [0.3, 0.4) is 0 Å². The zero-order valence-corrected chi connectivity index (χ0v) is 19.5. The Kier molecular flexibility index (Phi) is 9.59. The van der Waals surface area contributed by atoms with E-state index >= 15 is 0 Å². The zero-order valence-electron chi connectivity index (χ0n) is 18.8. The van der Waals surface area contributed by atoms with Crippen molar-refractivity contribution in [2.24, 2.45) is 4.99 Å². The number of nitrogens with zero attached hydrogens (tertiary/aromatic N) is 4. The van der Waals surface area contributed by atoms with E-state index < -0.39 is 0 Å². The minimum absolute atomic E-state index is 0.525. The molecule has 168 valence electrons. The Morgan fingerprint density at radius 1 is 1.00 bits per heavy atom. The molecule has 0 bridgehead atoms. The number of rotatable bonds is 9. The number of aliphatic imine (C=N–C) groups is 1. The summed E-state index contributed by atoms with van der Waals surface area (Å²) < 4.78 is 0. The van der Waals surface area contributed by atoms with Gasteiger partial charge in [0.25, 0.3) is 0 Å². The Hall–Kier alpha value is -2.15. The third kappa shape index (κ3) is 7.80. The van der Waals surface area contributed by atoms with Crippen LogP contribution in [0.4, 0.5) is 0 Å². The number of halogens is 1. The number of nitrogens with one attached hydrogen (secondary N) is 2. The number of hydrogen-bond donors (Lipinski definition) is 2. The first-order valence-electron chi connectivity index (χ1n) is 11.3. The SMILES string of the molecule is CCNC(=NCc1ccccc1CN1CCN(CC)CC1)NCCc1ccc(Cl)nc1. The highest BCUT2D eigenvalue weighted by Crippen LogP contribution is 2.14. The van der Waals surface area contributed by atoms with Crippen LogP contribution in [-0.4, -0.2) is 66.6 Å². The topological polar surface area (TPSA) is 55.8 Å². The van der Waals surface area contributed by atoms with E-state index in [4.69, 9.17) is 16.6 Å². The lowest BCUT2D eigenvalue weighted by Crippen LogP contribution is -2.45. The Morgan fingerprint density at radius 2 is 1.74 bits per heavy atom. The first kappa shape index (κ1) is 23.5. The second kappa shape index (κ2) is 12.6. The fourth-order valence-corrected chi connectivity index (χ4v) is 3.87. The summed E-state index contributed by atoms with van der Waals surface area (Å²) in [6.07, 6.45) is 2.69. The van der Waals surface area contributed by atoms with Crippen molar-refractivity contribution in [1.29, 1.82) is 0 Å². The van der Waals surface area contributed by atoms with Crippen LogP contribution in [0.5, 0.6) is 0 Å². The van der Waals surface area contributed by atoms with E-state index in [9.17, 15) is 0 Å². The number of benzene rings is 1. The number of guanidine groups is 1. The highest BCUT2D eigenvalue weighted by atomic mass is 35.5. The van der Waals surface area contributed by atoms with Gasteiger partial charge in [-0.3, -0.25) is 4.90 Å². The molecule has 1 aromatic heterocycles. The predicted molar refractivity (Wildman–Crippen MR) is 130 cm³/mol. The lowest BCUT2D eigenvalue weighted by Gasteiger charge is -2.34. The van der Waals surface area contributed by atoms with E-state index in [1.165, 1.54) is 11.1 Å². The molecule has 1 aliphatic rings. The maximum absolute atomic E-state index is 5.86. The van der Waals surface area contributed by atoms with Crippen molar-refractivity contribution in [2.75, 3.05) is 45.8 Å². The molecule has 0 unspecified atom stereocenters. The van der Waals surface area contributed by atoms with Crippen molar-refractivity contribution >= 4 is 17.6 Å². The van der Waals surface area contributed by atoms with Crippen molar-refractivity contribution in [3.63, 3.8) is 0 Å². The summed E-state index contributed by atoms with van der Waals surface area (Å²) in [6.45, 7) is 13.4. The number of pyridine rings is 1. The minimum atomic E-state index is 0.525.